The van der Waals surface area contributed by atoms with Crippen LogP contribution in [0.3, 0.4) is 0 Å². The molecule has 0 aliphatic heterocycles. The average Bonchev–Trinajstić information content (AvgIpc) is 3.02. The van der Waals surface area contributed by atoms with Crippen molar-refractivity contribution in [3.8, 4) is 11.4 Å². The first-order valence-electron chi connectivity index (χ1n) is 8.61. The highest BCUT2D eigenvalue weighted by molar-refractivity contribution is 5.95. The normalized spacial score (nSPS) is 10.5. The first-order valence-corrected chi connectivity index (χ1v) is 8.61. The number of nitrogens with zero attached hydrogens (tertiary/aromatic N) is 3. The van der Waals surface area contributed by atoms with Gasteiger partial charge >= 0.3 is 5.76 Å². The summed E-state index contributed by atoms with van der Waals surface area (Å²) in [6.07, 6.45) is 0. The molecule has 1 N–H and O–H groups in total. The van der Waals surface area contributed by atoms with Crippen LogP contribution in [0.1, 0.15) is 15.9 Å². The lowest BCUT2D eigenvalue weighted by Gasteiger charge is -2.11. The molecule has 0 radical (unpaired) electrons. The second kappa shape index (κ2) is 7.91. The van der Waals surface area contributed by atoms with Gasteiger partial charge in [0.15, 0.2) is 5.82 Å². The lowest BCUT2D eigenvalue weighted by atomic mass is 10.1. The van der Waals surface area contributed by atoms with Gasteiger partial charge in [-0.15, -0.1) is 0 Å². The van der Waals surface area contributed by atoms with E-state index in [4.69, 9.17) is 4.52 Å². The molecule has 1 heterocycles. The van der Waals surface area contributed by atoms with Crippen LogP contribution in [0.2, 0.25) is 0 Å². The van der Waals surface area contributed by atoms with Crippen molar-refractivity contribution < 1.29 is 14.1 Å². The molecule has 3 aromatic rings. The highest BCUT2D eigenvalue weighted by atomic mass is 16.5. The van der Waals surface area contributed by atoms with Crippen molar-refractivity contribution >= 4 is 17.5 Å². The number of amides is 2. The van der Waals surface area contributed by atoms with Crippen molar-refractivity contribution in [3.05, 3.63) is 70.2 Å². The van der Waals surface area contributed by atoms with E-state index in [9.17, 15) is 14.4 Å². The van der Waals surface area contributed by atoms with Gasteiger partial charge in [0.05, 0.1) is 0 Å². The molecule has 144 valence electrons. The van der Waals surface area contributed by atoms with Crippen LogP contribution in [0.25, 0.3) is 11.4 Å². The van der Waals surface area contributed by atoms with E-state index in [1.54, 1.807) is 38.4 Å². The Balaban J connectivity index is 1.76. The van der Waals surface area contributed by atoms with Gasteiger partial charge in [0.2, 0.25) is 5.91 Å². The second-order valence-electron chi connectivity index (χ2n) is 6.50. The molecular formula is C20H20N4O4. The number of anilines is 1. The minimum absolute atomic E-state index is 0.128. The van der Waals surface area contributed by atoms with E-state index in [-0.39, 0.29) is 12.5 Å². The van der Waals surface area contributed by atoms with E-state index >= 15 is 0 Å². The smallest absolute Gasteiger partial charge is 0.345 e. The lowest BCUT2D eigenvalue weighted by molar-refractivity contribution is -0.116. The Hall–Kier alpha value is -3.68. The maximum Gasteiger partial charge on any atom is 0.442 e. The molecule has 0 spiro atoms. The molecule has 0 saturated carbocycles. The van der Waals surface area contributed by atoms with Gasteiger partial charge in [-0.25, -0.2) is 9.36 Å². The Morgan fingerprint density at radius 1 is 1.11 bits per heavy atom. The van der Waals surface area contributed by atoms with Crippen molar-refractivity contribution in [2.75, 3.05) is 19.4 Å². The van der Waals surface area contributed by atoms with Gasteiger partial charge in [-0.1, -0.05) is 29.4 Å². The van der Waals surface area contributed by atoms with Gasteiger partial charge in [0, 0.05) is 30.9 Å². The second-order valence-corrected chi connectivity index (χ2v) is 6.50. The predicted octanol–water partition coefficient (Wildman–Crippen LogP) is 2.15. The van der Waals surface area contributed by atoms with Crippen LogP contribution in [0.5, 0.6) is 0 Å². The summed E-state index contributed by atoms with van der Waals surface area (Å²) in [6.45, 7) is 1.64. The van der Waals surface area contributed by atoms with Gasteiger partial charge in [0.25, 0.3) is 5.91 Å². The van der Waals surface area contributed by atoms with E-state index in [1.165, 1.54) is 9.47 Å². The summed E-state index contributed by atoms with van der Waals surface area (Å²) in [7, 11) is 3.33. The number of carbonyl (C=O) groups is 2. The fourth-order valence-corrected chi connectivity index (χ4v) is 2.72. The van der Waals surface area contributed by atoms with Crippen LogP contribution in [0, 0.1) is 6.92 Å². The van der Waals surface area contributed by atoms with Gasteiger partial charge < -0.3 is 10.2 Å². The van der Waals surface area contributed by atoms with E-state index < -0.39 is 11.7 Å². The van der Waals surface area contributed by atoms with Crippen molar-refractivity contribution in [1.82, 2.24) is 14.6 Å². The molecule has 0 unspecified atom stereocenters. The predicted molar refractivity (Wildman–Crippen MR) is 104 cm³/mol. The van der Waals surface area contributed by atoms with Crippen LogP contribution < -0.4 is 11.1 Å². The minimum Gasteiger partial charge on any atom is -0.345 e. The third-order valence-corrected chi connectivity index (χ3v) is 4.20. The summed E-state index contributed by atoms with van der Waals surface area (Å²) in [6, 6.07) is 13.9. The first kappa shape index (κ1) is 19.1. The highest BCUT2D eigenvalue weighted by Gasteiger charge is 2.17. The average molecular weight is 380 g/mol. The summed E-state index contributed by atoms with van der Waals surface area (Å²) in [5.41, 5.74) is 2.65. The fourth-order valence-electron chi connectivity index (χ4n) is 2.72. The topological polar surface area (TPSA) is 97.4 Å². The Kier molecular flexibility index (Phi) is 5.39. The molecule has 2 aromatic carbocycles. The molecule has 1 aromatic heterocycles. The van der Waals surface area contributed by atoms with Gasteiger partial charge in [-0.2, -0.15) is 0 Å². The summed E-state index contributed by atoms with van der Waals surface area (Å²) >= 11 is 0. The third kappa shape index (κ3) is 4.01. The quantitative estimate of drug-likeness (QED) is 0.731. The van der Waals surface area contributed by atoms with Gasteiger partial charge in [-0.3, -0.25) is 14.1 Å². The molecule has 0 bridgehead atoms. The molecule has 3 rings (SSSR count). The minimum atomic E-state index is -0.708. The molecule has 8 nitrogen and oxygen atoms in total. The monoisotopic (exact) mass is 380 g/mol. The molecular weight excluding hydrogens is 360 g/mol. The summed E-state index contributed by atoms with van der Waals surface area (Å²) in [4.78, 5) is 37.8. The van der Waals surface area contributed by atoms with E-state index in [0.717, 1.165) is 5.56 Å². The molecule has 0 aliphatic carbocycles. The molecule has 0 saturated heterocycles. The third-order valence-electron chi connectivity index (χ3n) is 4.20. The molecule has 2 amide bonds. The number of benzene rings is 2. The maximum absolute atomic E-state index is 12.4. The fraction of sp³-hybridized carbons (Fsp3) is 0.200. The van der Waals surface area contributed by atoms with Gasteiger partial charge in [-0.05, 0) is 36.8 Å². The zero-order chi connectivity index (χ0) is 20.3. The highest BCUT2D eigenvalue weighted by Crippen LogP contribution is 2.20. The Morgan fingerprint density at radius 2 is 1.79 bits per heavy atom. The number of nitrogens with one attached hydrogen (secondary N) is 1. The number of aryl methyl sites for hydroxylation is 1. The van der Waals surface area contributed by atoms with Crippen LogP contribution in [-0.2, 0) is 11.3 Å². The van der Waals surface area contributed by atoms with Crippen molar-refractivity contribution in [2.24, 2.45) is 0 Å². The molecule has 0 atom stereocenters. The largest absolute Gasteiger partial charge is 0.442 e. The Morgan fingerprint density at radius 3 is 2.43 bits per heavy atom. The molecule has 8 heteroatoms. The number of hydrogen-bond acceptors (Lipinski definition) is 5. The Bertz CT molecular complexity index is 1060. The van der Waals surface area contributed by atoms with Crippen LogP contribution >= 0.6 is 0 Å². The zero-order valence-electron chi connectivity index (χ0n) is 15.8. The van der Waals surface area contributed by atoms with Crippen molar-refractivity contribution in [2.45, 2.75) is 13.5 Å². The van der Waals surface area contributed by atoms with Gasteiger partial charge in [0.1, 0.15) is 6.54 Å². The van der Waals surface area contributed by atoms with Crippen LogP contribution in [0.4, 0.5) is 5.69 Å². The van der Waals surface area contributed by atoms with E-state index in [2.05, 4.69) is 10.5 Å². The molecule has 0 aliphatic rings. The lowest BCUT2D eigenvalue weighted by Crippen LogP contribution is -2.25. The zero-order valence-corrected chi connectivity index (χ0v) is 15.8. The summed E-state index contributed by atoms with van der Waals surface area (Å²) in [5, 5.41) is 6.51. The van der Waals surface area contributed by atoms with E-state index in [1.807, 2.05) is 31.2 Å². The first-order chi connectivity index (χ1) is 13.4. The van der Waals surface area contributed by atoms with Crippen molar-refractivity contribution in [3.63, 3.8) is 0 Å². The standard InChI is InChI=1S/C20H20N4O4/c1-13-6-4-5-7-16(13)18-22-28-20(27)24(18)12-17(25)21-15-10-8-14(9-11-15)19(26)23(2)3/h4-11H,12H2,1-3H3,(H,21,25). The number of rotatable bonds is 5. The molecule has 28 heavy (non-hydrogen) atoms. The van der Waals surface area contributed by atoms with Crippen LogP contribution in [0.15, 0.2) is 57.8 Å². The maximum atomic E-state index is 12.4. The SMILES string of the molecule is Cc1ccccc1-c1noc(=O)n1CC(=O)Nc1ccc(C(=O)N(C)C)cc1. The molecule has 0 fully saturated rings. The number of hydrogen-bond donors (Lipinski definition) is 1. The van der Waals surface area contributed by atoms with Crippen molar-refractivity contribution in [1.29, 1.82) is 0 Å². The Labute approximate surface area is 161 Å². The van der Waals surface area contributed by atoms with E-state index in [0.29, 0.717) is 22.6 Å². The summed E-state index contributed by atoms with van der Waals surface area (Å²) < 4.78 is 5.94. The van der Waals surface area contributed by atoms with Crippen LogP contribution in [-0.4, -0.2) is 40.5 Å². The summed E-state index contributed by atoms with van der Waals surface area (Å²) in [5.74, 6) is -0.950. The number of aromatic nitrogens is 2. The number of carbonyl (C=O) groups excluding carboxylic acids is 2.